The second-order valence-corrected chi connectivity index (χ2v) is 6.02. The highest BCUT2D eigenvalue weighted by molar-refractivity contribution is 5.97. The number of rotatable bonds is 4. The van der Waals surface area contributed by atoms with Gasteiger partial charge in [-0.1, -0.05) is 36.4 Å². The van der Waals surface area contributed by atoms with Crippen LogP contribution in [-0.2, 0) is 10.3 Å². The maximum absolute atomic E-state index is 12.6. The molecule has 0 radical (unpaired) electrons. The van der Waals surface area contributed by atoms with Crippen molar-refractivity contribution in [2.75, 3.05) is 5.32 Å². The number of carbonyl (C=O) groups excluding carboxylic acids is 2. The third-order valence-electron chi connectivity index (χ3n) is 4.33. The number of carbonyl (C=O) groups is 2. The first-order valence-electron chi connectivity index (χ1n) is 7.85. The van der Waals surface area contributed by atoms with Crippen LogP contribution in [0.5, 0.6) is 0 Å². The summed E-state index contributed by atoms with van der Waals surface area (Å²) >= 11 is 0. The fourth-order valence-corrected chi connectivity index (χ4v) is 3.00. The summed E-state index contributed by atoms with van der Waals surface area (Å²) in [6, 6.07) is 17.1. The van der Waals surface area contributed by atoms with Gasteiger partial charge >= 0.3 is 0 Å². The van der Waals surface area contributed by atoms with E-state index < -0.39 is 0 Å². The van der Waals surface area contributed by atoms with Crippen LogP contribution in [0.25, 0.3) is 0 Å². The van der Waals surface area contributed by atoms with Crippen LogP contribution in [0, 0.1) is 0 Å². The van der Waals surface area contributed by atoms with Gasteiger partial charge in [-0.3, -0.25) is 9.59 Å². The lowest BCUT2D eigenvalue weighted by Gasteiger charge is -2.43. The highest BCUT2D eigenvalue weighted by Crippen LogP contribution is 2.41. The molecular formula is C19H20N2O2. The molecule has 0 aliphatic heterocycles. The molecule has 1 aliphatic rings. The third-order valence-corrected chi connectivity index (χ3v) is 4.33. The molecule has 0 aromatic heterocycles. The molecule has 0 unspecified atom stereocenters. The molecular weight excluding hydrogens is 288 g/mol. The molecule has 2 amide bonds. The predicted molar refractivity (Wildman–Crippen MR) is 90.2 cm³/mol. The van der Waals surface area contributed by atoms with Gasteiger partial charge in [0.25, 0.3) is 5.91 Å². The van der Waals surface area contributed by atoms with Gasteiger partial charge in [-0.2, -0.15) is 0 Å². The summed E-state index contributed by atoms with van der Waals surface area (Å²) in [6.45, 7) is 1.45. The lowest BCUT2D eigenvalue weighted by Crippen LogP contribution is -2.50. The predicted octanol–water partition coefficient (Wildman–Crippen LogP) is 3.45. The molecule has 23 heavy (non-hydrogen) atoms. The smallest absolute Gasteiger partial charge is 0.252 e. The van der Waals surface area contributed by atoms with Gasteiger partial charge in [0.1, 0.15) is 0 Å². The van der Waals surface area contributed by atoms with Gasteiger partial charge in [0.15, 0.2) is 0 Å². The minimum Gasteiger partial charge on any atom is -0.343 e. The van der Waals surface area contributed by atoms with E-state index >= 15 is 0 Å². The highest BCUT2D eigenvalue weighted by Gasteiger charge is 2.40. The molecule has 2 aromatic carbocycles. The number of amides is 2. The maximum atomic E-state index is 12.6. The normalized spacial score (nSPS) is 15.3. The van der Waals surface area contributed by atoms with Crippen LogP contribution < -0.4 is 10.6 Å². The average Bonchev–Trinajstić information content (AvgIpc) is 2.51. The van der Waals surface area contributed by atoms with E-state index in [1.165, 1.54) is 6.92 Å². The Kier molecular flexibility index (Phi) is 4.15. The van der Waals surface area contributed by atoms with Crippen molar-refractivity contribution in [3.63, 3.8) is 0 Å². The summed E-state index contributed by atoms with van der Waals surface area (Å²) in [5, 5.41) is 5.89. The Morgan fingerprint density at radius 3 is 2.35 bits per heavy atom. The fraction of sp³-hybridized carbons (Fsp3) is 0.263. The Morgan fingerprint density at radius 1 is 1.00 bits per heavy atom. The number of hydrogen-bond donors (Lipinski definition) is 2. The molecule has 3 rings (SSSR count). The summed E-state index contributed by atoms with van der Waals surface area (Å²) in [5.74, 6) is -0.261. The molecule has 1 aliphatic carbocycles. The molecule has 1 fully saturated rings. The highest BCUT2D eigenvalue weighted by atomic mass is 16.2. The van der Waals surface area contributed by atoms with Crippen LogP contribution in [0.4, 0.5) is 5.69 Å². The molecule has 4 heteroatoms. The van der Waals surface area contributed by atoms with Crippen molar-refractivity contribution in [1.82, 2.24) is 5.32 Å². The zero-order chi connectivity index (χ0) is 16.3. The van der Waals surface area contributed by atoms with E-state index in [1.54, 1.807) is 24.3 Å². The van der Waals surface area contributed by atoms with Gasteiger partial charge in [-0.15, -0.1) is 0 Å². The molecule has 2 N–H and O–H groups in total. The largest absolute Gasteiger partial charge is 0.343 e. The van der Waals surface area contributed by atoms with Gasteiger partial charge in [-0.25, -0.2) is 0 Å². The van der Waals surface area contributed by atoms with Gasteiger partial charge < -0.3 is 10.6 Å². The zero-order valence-corrected chi connectivity index (χ0v) is 13.1. The molecule has 0 saturated heterocycles. The van der Waals surface area contributed by atoms with E-state index in [9.17, 15) is 9.59 Å². The molecule has 0 heterocycles. The molecule has 0 atom stereocenters. The van der Waals surface area contributed by atoms with Crippen molar-refractivity contribution in [3.05, 3.63) is 65.7 Å². The summed E-state index contributed by atoms with van der Waals surface area (Å²) < 4.78 is 0. The van der Waals surface area contributed by atoms with Crippen molar-refractivity contribution in [3.8, 4) is 0 Å². The van der Waals surface area contributed by atoms with Crippen LogP contribution >= 0.6 is 0 Å². The summed E-state index contributed by atoms with van der Waals surface area (Å²) in [4.78, 5) is 23.8. The van der Waals surface area contributed by atoms with Crippen molar-refractivity contribution in [2.45, 2.75) is 31.7 Å². The first-order valence-corrected chi connectivity index (χ1v) is 7.85. The minimum absolute atomic E-state index is 0.110. The first kappa shape index (κ1) is 15.3. The Labute approximate surface area is 135 Å². The van der Waals surface area contributed by atoms with Gasteiger partial charge in [0.05, 0.1) is 5.54 Å². The lowest BCUT2D eigenvalue weighted by atomic mass is 9.71. The number of benzene rings is 2. The van der Waals surface area contributed by atoms with Gasteiger partial charge in [0.2, 0.25) is 5.91 Å². The minimum atomic E-state index is -0.262. The van der Waals surface area contributed by atoms with Crippen molar-refractivity contribution < 1.29 is 9.59 Å². The summed E-state index contributed by atoms with van der Waals surface area (Å²) in [5.41, 5.74) is 2.08. The van der Waals surface area contributed by atoms with Crippen molar-refractivity contribution >= 4 is 17.5 Å². The van der Waals surface area contributed by atoms with Gasteiger partial charge in [-0.05, 0) is 43.0 Å². The Morgan fingerprint density at radius 2 is 1.74 bits per heavy atom. The quantitative estimate of drug-likeness (QED) is 0.909. The molecule has 1 saturated carbocycles. The SMILES string of the molecule is CC(=O)Nc1cccc(C(=O)NC2(c3ccccc3)CCC2)c1. The average molecular weight is 308 g/mol. The standard InChI is InChI=1S/C19H20N2O2/c1-14(22)20-17-10-5-7-15(13-17)18(23)21-19(11-6-12-19)16-8-3-2-4-9-16/h2-5,7-10,13H,6,11-12H2,1H3,(H,20,22)(H,21,23). The van der Waals surface area contributed by atoms with E-state index in [0.717, 1.165) is 24.8 Å². The Hall–Kier alpha value is -2.62. The molecule has 118 valence electrons. The monoisotopic (exact) mass is 308 g/mol. The van der Waals surface area contributed by atoms with Crippen LogP contribution in [0.3, 0.4) is 0 Å². The fourth-order valence-electron chi connectivity index (χ4n) is 3.00. The number of anilines is 1. The Balaban J connectivity index is 1.80. The van der Waals surface area contributed by atoms with Crippen molar-refractivity contribution in [1.29, 1.82) is 0 Å². The lowest BCUT2D eigenvalue weighted by molar-refractivity contribution is -0.114. The van der Waals surface area contributed by atoms with E-state index in [2.05, 4.69) is 22.8 Å². The molecule has 0 spiro atoms. The number of hydrogen-bond acceptors (Lipinski definition) is 2. The van der Waals surface area contributed by atoms with E-state index in [4.69, 9.17) is 0 Å². The number of nitrogens with one attached hydrogen (secondary N) is 2. The summed E-state index contributed by atoms with van der Waals surface area (Å²) in [6.07, 6.45) is 3.02. The van der Waals surface area contributed by atoms with Crippen LogP contribution in [-0.4, -0.2) is 11.8 Å². The third kappa shape index (κ3) is 3.26. The first-order chi connectivity index (χ1) is 11.1. The molecule has 2 aromatic rings. The topological polar surface area (TPSA) is 58.2 Å². The van der Waals surface area contributed by atoms with E-state index in [0.29, 0.717) is 11.3 Å². The second kappa shape index (κ2) is 6.24. The van der Waals surface area contributed by atoms with Crippen LogP contribution in [0.1, 0.15) is 42.1 Å². The zero-order valence-electron chi connectivity index (χ0n) is 13.1. The molecule has 4 nitrogen and oxygen atoms in total. The van der Waals surface area contributed by atoms with Crippen molar-refractivity contribution in [2.24, 2.45) is 0 Å². The summed E-state index contributed by atoms with van der Waals surface area (Å²) in [7, 11) is 0. The van der Waals surface area contributed by atoms with E-state index in [-0.39, 0.29) is 17.4 Å². The Bertz CT molecular complexity index is 721. The van der Waals surface area contributed by atoms with E-state index in [1.807, 2.05) is 18.2 Å². The second-order valence-electron chi connectivity index (χ2n) is 6.02. The van der Waals surface area contributed by atoms with Gasteiger partial charge in [0, 0.05) is 18.2 Å². The van der Waals surface area contributed by atoms with Crippen LogP contribution in [0.15, 0.2) is 54.6 Å². The molecule has 0 bridgehead atoms. The maximum Gasteiger partial charge on any atom is 0.252 e. The van der Waals surface area contributed by atoms with Crippen LogP contribution in [0.2, 0.25) is 0 Å².